The molecule has 17 heteroatoms. The van der Waals surface area contributed by atoms with Crippen molar-refractivity contribution in [3.05, 3.63) is 65.7 Å². The maximum Gasteiger partial charge on any atom is 0.320 e. The summed E-state index contributed by atoms with van der Waals surface area (Å²) in [6.07, 6.45) is 0. The van der Waals surface area contributed by atoms with E-state index in [-0.39, 0.29) is 83.9 Å². The van der Waals surface area contributed by atoms with Gasteiger partial charge >= 0.3 is 6.03 Å². The van der Waals surface area contributed by atoms with Gasteiger partial charge in [0.2, 0.25) is 0 Å². The van der Waals surface area contributed by atoms with Crippen LogP contribution in [0.1, 0.15) is 17.2 Å². The number of aryl methyl sites for hydroxylation is 1. The van der Waals surface area contributed by atoms with Gasteiger partial charge in [0, 0.05) is 64.8 Å². The molecule has 2 aromatic carbocycles. The van der Waals surface area contributed by atoms with Crippen LogP contribution >= 0.6 is 0 Å². The normalized spacial score (nSPS) is 13.2. The number of aromatic nitrogens is 8. The standard InChI is InChI=1S/C21H20N12O3.2Na/c1-12-5-4-6-13(9-12)22-21(36)23-18-19(34)32(10-16-24-28-29-25-16)14-7-2-3-8-15(14)33(20(18)35)11-17-26-30-31-27-17;;/h2-9,18H,10-11H2,1H3,(H2,22,23,36)(H,24,25,28,29)(H,26,27,30,31);;. The molecule has 2 radical (unpaired) electrons. The number of tetrazole rings is 2. The Morgan fingerprint density at radius 3 is 1.89 bits per heavy atom. The summed E-state index contributed by atoms with van der Waals surface area (Å²) < 4.78 is 0. The van der Waals surface area contributed by atoms with Crippen LogP contribution < -0.4 is 20.4 Å². The third-order valence-electron chi connectivity index (χ3n) is 5.42. The molecule has 3 heterocycles. The van der Waals surface area contributed by atoms with Crippen LogP contribution in [0.25, 0.3) is 0 Å². The Labute approximate surface area is 260 Å². The summed E-state index contributed by atoms with van der Waals surface area (Å²) in [4.78, 5) is 43.0. The number of hydrogen-bond donors (Lipinski definition) is 4. The number of para-hydroxylation sites is 2. The maximum atomic E-state index is 13.7. The number of nitrogens with one attached hydrogen (secondary N) is 4. The van der Waals surface area contributed by atoms with Gasteiger partial charge in [-0.2, -0.15) is 10.4 Å². The molecule has 0 bridgehead atoms. The maximum absolute atomic E-state index is 13.7. The number of carbonyl (C=O) groups excluding carboxylic acids is 3. The van der Waals surface area contributed by atoms with Gasteiger partial charge in [0.05, 0.1) is 24.5 Å². The minimum atomic E-state index is -1.57. The van der Waals surface area contributed by atoms with Gasteiger partial charge in [-0.05, 0) is 36.8 Å². The Balaban J connectivity index is 0.00000200. The molecule has 1 aliphatic rings. The second kappa shape index (κ2) is 13.0. The van der Waals surface area contributed by atoms with Gasteiger partial charge in [-0.1, -0.05) is 34.7 Å². The van der Waals surface area contributed by atoms with Crippen molar-refractivity contribution in [3.8, 4) is 0 Å². The van der Waals surface area contributed by atoms with Crippen LogP contribution in [0.4, 0.5) is 21.9 Å². The molecular formula is C21H20N12Na2O3. The number of H-pyrrole nitrogens is 2. The van der Waals surface area contributed by atoms with Gasteiger partial charge in [0.1, 0.15) is 0 Å². The number of carbonyl (C=O) groups is 3. The molecule has 1 aliphatic heterocycles. The number of aromatic amines is 2. The number of amides is 4. The van der Waals surface area contributed by atoms with E-state index in [2.05, 4.69) is 51.9 Å². The number of hydrogen-bond acceptors (Lipinski definition) is 9. The van der Waals surface area contributed by atoms with Gasteiger partial charge in [-0.25, -0.2) is 4.79 Å². The smallest absolute Gasteiger partial charge is 0.318 e. The minimum Gasteiger partial charge on any atom is -0.318 e. The summed E-state index contributed by atoms with van der Waals surface area (Å²) in [5, 5.41) is 32.6. The number of rotatable bonds is 6. The van der Waals surface area contributed by atoms with E-state index in [4.69, 9.17) is 0 Å². The molecule has 2 aromatic heterocycles. The minimum absolute atomic E-state index is 0. The summed E-state index contributed by atoms with van der Waals surface area (Å²) in [5.74, 6) is -0.903. The van der Waals surface area contributed by atoms with E-state index in [0.717, 1.165) is 5.56 Å². The first-order valence-electron chi connectivity index (χ1n) is 10.8. The van der Waals surface area contributed by atoms with E-state index in [1.807, 2.05) is 13.0 Å². The Hall–Kier alpha value is -3.21. The van der Waals surface area contributed by atoms with Crippen LogP contribution in [-0.4, -0.2) is 124 Å². The summed E-state index contributed by atoms with van der Waals surface area (Å²) >= 11 is 0. The molecule has 15 nitrogen and oxygen atoms in total. The number of urea groups is 1. The first-order chi connectivity index (χ1) is 17.5. The summed E-state index contributed by atoms with van der Waals surface area (Å²) in [7, 11) is 0. The molecule has 184 valence electrons. The van der Waals surface area contributed by atoms with Gasteiger partial charge in [-0.3, -0.25) is 9.59 Å². The van der Waals surface area contributed by atoms with Crippen LogP contribution in [0.3, 0.4) is 0 Å². The first kappa shape index (κ1) is 29.3. The van der Waals surface area contributed by atoms with E-state index in [0.29, 0.717) is 17.1 Å². The summed E-state index contributed by atoms with van der Waals surface area (Å²) in [6, 6.07) is 11.6. The van der Waals surface area contributed by atoms with Crippen molar-refractivity contribution in [1.29, 1.82) is 0 Å². The van der Waals surface area contributed by atoms with Crippen LogP contribution in [0.5, 0.6) is 0 Å². The monoisotopic (exact) mass is 534 g/mol. The third-order valence-corrected chi connectivity index (χ3v) is 5.42. The molecule has 4 aromatic rings. The zero-order chi connectivity index (χ0) is 25.1. The number of nitrogens with zero attached hydrogens (tertiary/aromatic N) is 8. The zero-order valence-corrected chi connectivity index (χ0v) is 24.9. The second-order valence-corrected chi connectivity index (χ2v) is 7.89. The van der Waals surface area contributed by atoms with Crippen LogP contribution in [0, 0.1) is 6.92 Å². The van der Waals surface area contributed by atoms with Crippen molar-refractivity contribution >= 4 is 94.0 Å². The summed E-state index contributed by atoms with van der Waals surface area (Å²) in [5.41, 5.74) is 2.26. The number of benzene rings is 2. The Bertz CT molecular complexity index is 1320. The van der Waals surface area contributed by atoms with Gasteiger partial charge < -0.3 is 20.4 Å². The fraction of sp³-hybridized carbons (Fsp3) is 0.190. The van der Waals surface area contributed by atoms with Crippen molar-refractivity contribution in [2.24, 2.45) is 0 Å². The average molecular weight is 534 g/mol. The molecule has 0 saturated carbocycles. The molecular weight excluding hydrogens is 514 g/mol. The topological polar surface area (TPSA) is 191 Å². The van der Waals surface area contributed by atoms with E-state index >= 15 is 0 Å². The van der Waals surface area contributed by atoms with E-state index < -0.39 is 23.9 Å². The quantitative estimate of drug-likeness (QED) is 0.187. The fourth-order valence-electron chi connectivity index (χ4n) is 3.83. The van der Waals surface area contributed by atoms with Crippen molar-refractivity contribution < 1.29 is 14.4 Å². The summed E-state index contributed by atoms with van der Waals surface area (Å²) in [6.45, 7) is 1.70. The molecule has 0 atom stereocenters. The number of anilines is 3. The second-order valence-electron chi connectivity index (χ2n) is 7.89. The van der Waals surface area contributed by atoms with Crippen molar-refractivity contribution in [3.63, 3.8) is 0 Å². The molecule has 0 saturated heterocycles. The van der Waals surface area contributed by atoms with E-state index in [9.17, 15) is 14.4 Å². The van der Waals surface area contributed by atoms with Crippen LogP contribution in [-0.2, 0) is 22.7 Å². The molecule has 0 unspecified atom stereocenters. The van der Waals surface area contributed by atoms with Crippen LogP contribution in [0.15, 0.2) is 48.5 Å². The largest absolute Gasteiger partial charge is 0.320 e. The molecule has 4 amide bonds. The molecule has 0 aliphatic carbocycles. The predicted molar refractivity (Wildman–Crippen MR) is 136 cm³/mol. The van der Waals surface area contributed by atoms with Crippen LogP contribution in [0.2, 0.25) is 0 Å². The van der Waals surface area contributed by atoms with Crippen molar-refractivity contribution in [2.45, 2.75) is 26.1 Å². The fourth-order valence-corrected chi connectivity index (χ4v) is 3.83. The average Bonchev–Trinajstić information content (AvgIpc) is 3.57. The zero-order valence-electron chi connectivity index (χ0n) is 20.9. The van der Waals surface area contributed by atoms with Gasteiger partial charge in [0.15, 0.2) is 17.7 Å². The first-order valence-corrected chi connectivity index (χ1v) is 10.8. The van der Waals surface area contributed by atoms with Crippen molar-refractivity contribution in [2.75, 3.05) is 15.1 Å². The van der Waals surface area contributed by atoms with Gasteiger partial charge in [-0.15, -0.1) is 20.4 Å². The molecule has 38 heavy (non-hydrogen) atoms. The Kier molecular flexibility index (Phi) is 10.1. The van der Waals surface area contributed by atoms with E-state index in [1.54, 1.807) is 42.5 Å². The molecule has 5 rings (SSSR count). The molecule has 0 fully saturated rings. The molecule has 4 N–H and O–H groups in total. The SMILES string of the molecule is Cc1cccc(NC(=O)NC2C(=O)N(Cc3nn[nH]n3)c3ccccc3N(Cc3nn[nH]n3)C2=O)c1.[Na].[Na]. The third kappa shape index (κ3) is 6.43. The molecule has 0 spiro atoms. The van der Waals surface area contributed by atoms with Gasteiger partial charge in [0.25, 0.3) is 11.8 Å². The predicted octanol–water partition coefficient (Wildman–Crippen LogP) is -0.470. The Morgan fingerprint density at radius 2 is 1.42 bits per heavy atom. The van der Waals surface area contributed by atoms with Crippen molar-refractivity contribution in [1.82, 2.24) is 46.6 Å². The Morgan fingerprint density at radius 1 is 0.868 bits per heavy atom. The number of fused-ring (bicyclic) bond motifs is 1. The van der Waals surface area contributed by atoms with E-state index in [1.165, 1.54) is 9.80 Å².